The van der Waals surface area contributed by atoms with Crippen molar-refractivity contribution in [2.45, 2.75) is 71.1 Å². The molecule has 3 rings (SSSR count). The van der Waals surface area contributed by atoms with E-state index in [1.54, 1.807) is 0 Å². The van der Waals surface area contributed by atoms with Gasteiger partial charge in [0, 0.05) is 23.2 Å². The second-order valence-electron chi connectivity index (χ2n) is 7.64. The highest BCUT2D eigenvalue weighted by atomic mass is 35.5. The lowest BCUT2D eigenvalue weighted by molar-refractivity contribution is 0.269. The predicted molar refractivity (Wildman–Crippen MR) is 121 cm³/mol. The second-order valence-corrected chi connectivity index (χ2v) is 8.46. The van der Waals surface area contributed by atoms with Crippen molar-refractivity contribution in [2.24, 2.45) is 0 Å². The average molecular weight is 436 g/mol. The van der Waals surface area contributed by atoms with Gasteiger partial charge in [0.2, 0.25) is 0 Å². The van der Waals surface area contributed by atoms with Crippen molar-refractivity contribution < 1.29 is 9.47 Å². The van der Waals surface area contributed by atoms with Gasteiger partial charge in [0.15, 0.2) is 11.5 Å². The molecule has 2 aromatic carbocycles. The van der Waals surface area contributed by atoms with Crippen molar-refractivity contribution in [1.29, 1.82) is 0 Å². The summed E-state index contributed by atoms with van der Waals surface area (Å²) < 4.78 is 11.8. The monoisotopic (exact) mass is 435 g/mol. The molecule has 158 valence electrons. The molecule has 29 heavy (non-hydrogen) atoms. The van der Waals surface area contributed by atoms with Crippen molar-refractivity contribution in [3.63, 3.8) is 0 Å². The zero-order valence-corrected chi connectivity index (χ0v) is 18.7. The van der Waals surface area contributed by atoms with Gasteiger partial charge in [0.05, 0.1) is 11.6 Å². The lowest BCUT2D eigenvalue weighted by atomic mass is 9.96. The third-order valence-corrected chi connectivity index (χ3v) is 6.05. The molecular formula is C24H31Cl2NO2. The molecule has 1 saturated carbocycles. The fraction of sp³-hybridized carbons (Fsp3) is 0.500. The van der Waals surface area contributed by atoms with Gasteiger partial charge in [-0.15, -0.1) is 0 Å². The van der Waals surface area contributed by atoms with Crippen LogP contribution in [0.5, 0.6) is 11.5 Å². The Labute approximate surface area is 184 Å². The van der Waals surface area contributed by atoms with Crippen LogP contribution in [0.3, 0.4) is 0 Å². The van der Waals surface area contributed by atoms with Crippen LogP contribution in [0.1, 0.15) is 63.0 Å². The number of hydrogen-bond donors (Lipinski definition) is 1. The minimum atomic E-state index is 0.346. The van der Waals surface area contributed by atoms with Crippen molar-refractivity contribution in [3.05, 3.63) is 57.6 Å². The third-order valence-electron chi connectivity index (χ3n) is 5.40. The summed E-state index contributed by atoms with van der Waals surface area (Å²) >= 11 is 12.8. The maximum atomic E-state index is 6.58. The summed E-state index contributed by atoms with van der Waals surface area (Å²) in [4.78, 5) is 0. The molecule has 0 heterocycles. The molecule has 0 atom stereocenters. The number of rotatable bonds is 8. The van der Waals surface area contributed by atoms with Gasteiger partial charge >= 0.3 is 0 Å². The molecule has 0 aromatic heterocycles. The van der Waals surface area contributed by atoms with Crippen molar-refractivity contribution in [3.8, 4) is 11.5 Å². The first kappa shape index (κ1) is 22.3. The Bertz CT molecular complexity index is 773. The predicted octanol–water partition coefficient (Wildman–Crippen LogP) is 7.17. The summed E-state index contributed by atoms with van der Waals surface area (Å²) in [6, 6.07) is 12.2. The molecule has 0 aliphatic heterocycles. The summed E-state index contributed by atoms with van der Waals surface area (Å²) in [6.07, 6.45) is 9.24. The van der Waals surface area contributed by atoms with Crippen molar-refractivity contribution >= 4 is 23.2 Å². The van der Waals surface area contributed by atoms with Gasteiger partial charge in [0.1, 0.15) is 6.61 Å². The van der Waals surface area contributed by atoms with E-state index in [9.17, 15) is 0 Å². The molecule has 0 spiro atoms. The van der Waals surface area contributed by atoms with E-state index >= 15 is 0 Å². The van der Waals surface area contributed by atoms with Crippen LogP contribution in [0, 0.1) is 0 Å². The largest absolute Gasteiger partial charge is 0.490 e. The van der Waals surface area contributed by atoms with Gasteiger partial charge in [0.25, 0.3) is 0 Å². The van der Waals surface area contributed by atoms with Gasteiger partial charge in [-0.3, -0.25) is 0 Å². The number of benzene rings is 2. The van der Waals surface area contributed by atoms with E-state index in [0.29, 0.717) is 40.8 Å². The van der Waals surface area contributed by atoms with Gasteiger partial charge in [-0.05, 0) is 43.5 Å². The van der Waals surface area contributed by atoms with Gasteiger partial charge in [-0.25, -0.2) is 0 Å². The Morgan fingerprint density at radius 3 is 2.38 bits per heavy atom. The Balaban J connectivity index is 1.67. The Hall–Kier alpha value is -1.42. The summed E-state index contributed by atoms with van der Waals surface area (Å²) in [7, 11) is 0. The first-order chi connectivity index (χ1) is 14.2. The first-order valence-electron chi connectivity index (χ1n) is 10.7. The average Bonchev–Trinajstić information content (AvgIpc) is 2.68. The number of ether oxygens (including phenoxy) is 2. The highest BCUT2D eigenvalue weighted by Crippen LogP contribution is 2.37. The van der Waals surface area contributed by atoms with Crippen LogP contribution in [-0.2, 0) is 13.2 Å². The summed E-state index contributed by atoms with van der Waals surface area (Å²) in [5.74, 6) is 1.25. The van der Waals surface area contributed by atoms with Crippen LogP contribution in [0.4, 0.5) is 0 Å². The Kier molecular flexibility index (Phi) is 8.97. The molecule has 5 heteroatoms. The molecule has 3 nitrogen and oxygen atoms in total. The molecule has 0 bridgehead atoms. The van der Waals surface area contributed by atoms with Crippen LogP contribution in [-0.4, -0.2) is 12.6 Å². The van der Waals surface area contributed by atoms with E-state index in [4.69, 9.17) is 32.7 Å². The standard InChI is InChI=1S/C24H31Cl2NO2/c1-2-28-23-15-18(16-27-20-11-6-4-3-5-7-12-20)14-22(26)24(23)29-17-19-10-8-9-13-21(19)25/h8-10,13-15,20,27H,2-7,11-12,16-17H2,1H3. The molecule has 0 amide bonds. The number of halogens is 2. The lowest BCUT2D eigenvalue weighted by Gasteiger charge is -2.22. The first-order valence-corrected chi connectivity index (χ1v) is 11.5. The van der Waals surface area contributed by atoms with Gasteiger partial charge in [-0.1, -0.05) is 73.5 Å². The molecular weight excluding hydrogens is 405 g/mol. The normalized spacial score (nSPS) is 15.6. The Morgan fingerprint density at radius 2 is 1.66 bits per heavy atom. The SMILES string of the molecule is CCOc1cc(CNC2CCCCCCC2)cc(Cl)c1OCc1ccccc1Cl. The molecule has 1 aliphatic carbocycles. The highest BCUT2D eigenvalue weighted by Gasteiger charge is 2.15. The van der Waals surface area contributed by atoms with E-state index in [1.807, 2.05) is 43.3 Å². The fourth-order valence-electron chi connectivity index (χ4n) is 3.81. The zero-order valence-electron chi connectivity index (χ0n) is 17.2. The third kappa shape index (κ3) is 6.80. The van der Waals surface area contributed by atoms with Crippen LogP contribution in [0.15, 0.2) is 36.4 Å². The fourth-order valence-corrected chi connectivity index (χ4v) is 4.29. The van der Waals surface area contributed by atoms with E-state index in [-0.39, 0.29) is 0 Å². The molecule has 0 radical (unpaired) electrons. The molecule has 1 fully saturated rings. The quantitative estimate of drug-likeness (QED) is 0.476. The second kappa shape index (κ2) is 11.7. The van der Waals surface area contributed by atoms with E-state index in [2.05, 4.69) is 5.32 Å². The van der Waals surface area contributed by atoms with Crippen molar-refractivity contribution in [2.75, 3.05) is 6.61 Å². The molecule has 0 saturated heterocycles. The van der Waals surface area contributed by atoms with Crippen LogP contribution in [0.2, 0.25) is 10.0 Å². The maximum absolute atomic E-state index is 6.58. The lowest BCUT2D eigenvalue weighted by Crippen LogP contribution is -2.29. The molecule has 2 aromatic rings. The highest BCUT2D eigenvalue weighted by molar-refractivity contribution is 6.32. The summed E-state index contributed by atoms with van der Waals surface area (Å²) in [6.45, 7) is 3.65. The topological polar surface area (TPSA) is 30.5 Å². The van der Waals surface area contributed by atoms with E-state index < -0.39 is 0 Å². The van der Waals surface area contributed by atoms with E-state index in [1.165, 1.54) is 44.9 Å². The van der Waals surface area contributed by atoms with Crippen LogP contribution >= 0.6 is 23.2 Å². The van der Waals surface area contributed by atoms with E-state index in [0.717, 1.165) is 17.7 Å². The summed E-state index contributed by atoms with van der Waals surface area (Å²) in [5.41, 5.74) is 2.04. The minimum absolute atomic E-state index is 0.346. The smallest absolute Gasteiger partial charge is 0.180 e. The van der Waals surface area contributed by atoms with Crippen LogP contribution < -0.4 is 14.8 Å². The minimum Gasteiger partial charge on any atom is -0.490 e. The molecule has 1 aliphatic rings. The molecule has 1 N–H and O–H groups in total. The van der Waals surface area contributed by atoms with Gasteiger partial charge < -0.3 is 14.8 Å². The number of nitrogens with one attached hydrogen (secondary N) is 1. The maximum Gasteiger partial charge on any atom is 0.180 e. The Morgan fingerprint density at radius 1 is 0.931 bits per heavy atom. The van der Waals surface area contributed by atoms with Gasteiger partial charge in [-0.2, -0.15) is 0 Å². The van der Waals surface area contributed by atoms with Crippen molar-refractivity contribution in [1.82, 2.24) is 5.32 Å². The number of hydrogen-bond acceptors (Lipinski definition) is 3. The summed E-state index contributed by atoms with van der Waals surface area (Å²) in [5, 5.41) is 4.96. The van der Waals surface area contributed by atoms with Crippen LogP contribution in [0.25, 0.3) is 0 Å². The zero-order chi connectivity index (χ0) is 20.5. The molecule has 0 unspecified atom stereocenters.